The Bertz CT molecular complexity index is 940. The summed E-state index contributed by atoms with van der Waals surface area (Å²) in [7, 11) is 1.48. The lowest BCUT2D eigenvalue weighted by Crippen LogP contribution is -2.47. The van der Waals surface area contributed by atoms with Crippen molar-refractivity contribution in [2.45, 2.75) is 39.8 Å². The maximum absolute atomic E-state index is 12.6. The highest BCUT2D eigenvalue weighted by atomic mass is 16.3. The Morgan fingerprint density at radius 2 is 2.11 bits per heavy atom. The van der Waals surface area contributed by atoms with Crippen LogP contribution < -0.4 is 21.5 Å². The quantitative estimate of drug-likeness (QED) is 0.843. The Labute approximate surface area is 157 Å². The first-order valence-corrected chi connectivity index (χ1v) is 9.29. The third kappa shape index (κ3) is 3.99. The molecule has 8 nitrogen and oxygen atoms in total. The molecular formula is C19H26N4O4. The molecule has 1 N–H and O–H groups in total. The van der Waals surface area contributed by atoms with Gasteiger partial charge in [0.25, 0.3) is 5.56 Å². The van der Waals surface area contributed by atoms with Crippen LogP contribution >= 0.6 is 0 Å². The van der Waals surface area contributed by atoms with E-state index in [2.05, 4.69) is 5.32 Å². The molecule has 0 aliphatic carbocycles. The van der Waals surface area contributed by atoms with Crippen LogP contribution in [0, 0.1) is 12.8 Å². The van der Waals surface area contributed by atoms with Crippen LogP contribution in [0.25, 0.3) is 0 Å². The summed E-state index contributed by atoms with van der Waals surface area (Å²) in [5, 5.41) is 2.92. The second-order valence-corrected chi connectivity index (χ2v) is 6.94. The second kappa shape index (κ2) is 7.85. The van der Waals surface area contributed by atoms with Crippen molar-refractivity contribution in [3.8, 4) is 0 Å². The molecule has 1 atom stereocenters. The maximum atomic E-state index is 12.6. The van der Waals surface area contributed by atoms with Gasteiger partial charge in [-0.1, -0.05) is 0 Å². The molecule has 27 heavy (non-hydrogen) atoms. The molecule has 1 aliphatic heterocycles. The SMILES string of the molecule is CCn1c(N2CCCC(C(=O)NCc3ccc(C)o3)C2)cc(=O)n(C)c1=O. The van der Waals surface area contributed by atoms with Crippen molar-refractivity contribution in [3.05, 3.63) is 50.6 Å². The van der Waals surface area contributed by atoms with Gasteiger partial charge in [-0.2, -0.15) is 0 Å². The highest BCUT2D eigenvalue weighted by molar-refractivity contribution is 5.79. The number of anilines is 1. The number of nitrogens with one attached hydrogen (secondary N) is 1. The van der Waals surface area contributed by atoms with Gasteiger partial charge in [-0.25, -0.2) is 4.79 Å². The van der Waals surface area contributed by atoms with Gasteiger partial charge in [0.1, 0.15) is 17.3 Å². The van der Waals surface area contributed by atoms with Crippen LogP contribution in [0.1, 0.15) is 31.3 Å². The van der Waals surface area contributed by atoms with Gasteiger partial charge in [-0.15, -0.1) is 0 Å². The fraction of sp³-hybridized carbons (Fsp3) is 0.526. The third-order valence-electron chi connectivity index (χ3n) is 5.04. The summed E-state index contributed by atoms with van der Waals surface area (Å²) in [4.78, 5) is 39.0. The van der Waals surface area contributed by atoms with Gasteiger partial charge in [-0.3, -0.25) is 18.7 Å². The number of hydrogen-bond acceptors (Lipinski definition) is 5. The van der Waals surface area contributed by atoms with Gasteiger partial charge in [0.2, 0.25) is 5.91 Å². The maximum Gasteiger partial charge on any atom is 0.332 e. The van der Waals surface area contributed by atoms with E-state index in [1.807, 2.05) is 30.9 Å². The molecule has 146 valence electrons. The molecule has 8 heteroatoms. The Morgan fingerprint density at radius 3 is 2.78 bits per heavy atom. The number of carbonyl (C=O) groups excluding carboxylic acids is 1. The largest absolute Gasteiger partial charge is 0.465 e. The Morgan fingerprint density at radius 1 is 1.33 bits per heavy atom. The lowest BCUT2D eigenvalue weighted by Gasteiger charge is -2.34. The zero-order valence-corrected chi connectivity index (χ0v) is 16.0. The summed E-state index contributed by atoms with van der Waals surface area (Å²) < 4.78 is 8.16. The molecule has 1 aliphatic rings. The summed E-state index contributed by atoms with van der Waals surface area (Å²) in [6.07, 6.45) is 1.60. The molecule has 2 aromatic heterocycles. The Kier molecular flexibility index (Phi) is 5.53. The fourth-order valence-electron chi connectivity index (χ4n) is 3.52. The lowest BCUT2D eigenvalue weighted by molar-refractivity contribution is -0.125. The summed E-state index contributed by atoms with van der Waals surface area (Å²) in [5.74, 6) is 1.89. The number of carbonyl (C=O) groups is 1. The zero-order valence-electron chi connectivity index (χ0n) is 16.0. The highest BCUT2D eigenvalue weighted by Gasteiger charge is 2.27. The summed E-state index contributed by atoms with van der Waals surface area (Å²) >= 11 is 0. The monoisotopic (exact) mass is 374 g/mol. The van der Waals surface area contributed by atoms with Crippen LogP contribution in [-0.4, -0.2) is 28.1 Å². The van der Waals surface area contributed by atoms with Gasteiger partial charge in [-0.05, 0) is 38.8 Å². The number of furan rings is 1. The van der Waals surface area contributed by atoms with E-state index in [0.717, 1.165) is 28.9 Å². The smallest absolute Gasteiger partial charge is 0.332 e. The molecule has 0 aromatic carbocycles. The molecule has 3 heterocycles. The highest BCUT2D eigenvalue weighted by Crippen LogP contribution is 2.22. The number of piperidine rings is 1. The van der Waals surface area contributed by atoms with Gasteiger partial charge in [0.05, 0.1) is 12.5 Å². The summed E-state index contributed by atoms with van der Waals surface area (Å²) in [5.41, 5.74) is -0.667. The summed E-state index contributed by atoms with van der Waals surface area (Å²) in [6.45, 7) is 5.75. The zero-order chi connectivity index (χ0) is 19.6. The van der Waals surface area contributed by atoms with E-state index in [1.165, 1.54) is 13.1 Å². The average molecular weight is 374 g/mol. The van der Waals surface area contributed by atoms with Crippen LogP contribution in [-0.2, 0) is 24.9 Å². The number of rotatable bonds is 5. The standard InChI is InChI=1S/C19H26N4O4/c1-4-23-16(10-17(24)21(3)19(23)26)22-9-5-6-14(12-22)18(25)20-11-15-8-7-13(2)27-15/h7-8,10,14H,4-6,9,11-12H2,1-3H3,(H,20,25). The van der Waals surface area contributed by atoms with Gasteiger partial charge in [0, 0.05) is 32.7 Å². The molecule has 2 aromatic rings. The van der Waals surface area contributed by atoms with Crippen LogP contribution in [0.5, 0.6) is 0 Å². The van der Waals surface area contributed by atoms with Gasteiger partial charge >= 0.3 is 5.69 Å². The van der Waals surface area contributed by atoms with Crippen LogP contribution in [0.3, 0.4) is 0 Å². The molecule has 1 amide bonds. The van der Waals surface area contributed by atoms with Crippen molar-refractivity contribution in [1.29, 1.82) is 0 Å². The van der Waals surface area contributed by atoms with Crippen LogP contribution in [0.15, 0.2) is 32.2 Å². The van der Waals surface area contributed by atoms with Crippen molar-refractivity contribution in [3.63, 3.8) is 0 Å². The number of amides is 1. The average Bonchev–Trinajstić information content (AvgIpc) is 3.09. The van der Waals surface area contributed by atoms with Crippen LogP contribution in [0.2, 0.25) is 0 Å². The normalized spacial score (nSPS) is 17.1. The summed E-state index contributed by atoms with van der Waals surface area (Å²) in [6, 6.07) is 5.20. The third-order valence-corrected chi connectivity index (χ3v) is 5.04. The van der Waals surface area contributed by atoms with E-state index in [0.29, 0.717) is 32.0 Å². The van der Waals surface area contributed by atoms with Crippen molar-refractivity contribution >= 4 is 11.7 Å². The van der Waals surface area contributed by atoms with Gasteiger partial charge < -0.3 is 14.6 Å². The Balaban J connectivity index is 1.73. The number of aromatic nitrogens is 2. The molecule has 0 bridgehead atoms. The molecule has 1 unspecified atom stereocenters. The fourth-order valence-corrected chi connectivity index (χ4v) is 3.52. The number of aryl methyl sites for hydroxylation is 1. The first-order valence-electron chi connectivity index (χ1n) is 9.29. The molecule has 3 rings (SSSR count). The molecule has 0 spiro atoms. The van der Waals surface area contributed by atoms with E-state index in [4.69, 9.17) is 4.42 Å². The first kappa shape index (κ1) is 19.0. The molecule has 0 radical (unpaired) electrons. The molecule has 1 fully saturated rings. The van der Waals surface area contributed by atoms with E-state index in [-0.39, 0.29) is 23.1 Å². The topological polar surface area (TPSA) is 89.5 Å². The van der Waals surface area contributed by atoms with Gasteiger partial charge in [0.15, 0.2) is 0 Å². The minimum atomic E-state index is -0.334. The van der Waals surface area contributed by atoms with Crippen molar-refractivity contribution in [2.24, 2.45) is 13.0 Å². The lowest BCUT2D eigenvalue weighted by atomic mass is 9.97. The number of nitrogens with zero attached hydrogens (tertiary/aromatic N) is 3. The minimum absolute atomic E-state index is 0.0389. The predicted octanol–water partition coefficient (Wildman–Crippen LogP) is 1.00. The first-order chi connectivity index (χ1) is 12.9. The molecule has 1 saturated heterocycles. The van der Waals surface area contributed by atoms with Crippen molar-refractivity contribution < 1.29 is 9.21 Å². The van der Waals surface area contributed by atoms with E-state index < -0.39 is 0 Å². The van der Waals surface area contributed by atoms with E-state index in [1.54, 1.807) is 4.57 Å². The van der Waals surface area contributed by atoms with Crippen LogP contribution in [0.4, 0.5) is 5.82 Å². The predicted molar refractivity (Wildman–Crippen MR) is 102 cm³/mol. The van der Waals surface area contributed by atoms with Crippen molar-refractivity contribution in [1.82, 2.24) is 14.5 Å². The minimum Gasteiger partial charge on any atom is -0.465 e. The second-order valence-electron chi connectivity index (χ2n) is 6.94. The van der Waals surface area contributed by atoms with Crippen molar-refractivity contribution in [2.75, 3.05) is 18.0 Å². The molecular weight excluding hydrogens is 348 g/mol. The van der Waals surface area contributed by atoms with E-state index in [9.17, 15) is 14.4 Å². The van der Waals surface area contributed by atoms with E-state index >= 15 is 0 Å². The number of hydrogen-bond donors (Lipinski definition) is 1. The molecule has 0 saturated carbocycles. The Hall–Kier alpha value is -2.77.